The van der Waals surface area contributed by atoms with Crippen LogP contribution in [0.4, 0.5) is 0 Å². The smallest absolute Gasteiger partial charge is 0.345 e. The fraction of sp³-hybridized carbons (Fsp3) is 0.889. The van der Waals surface area contributed by atoms with Crippen molar-refractivity contribution < 1.29 is 19.8 Å². The first-order valence-electron chi connectivity index (χ1n) is 12.9. The van der Waals surface area contributed by atoms with E-state index in [1.807, 2.05) is 0 Å². The molecule has 2 unspecified atom stereocenters. The molecule has 0 heterocycles. The quantitative estimate of drug-likeness (QED) is 0.421. The molecule has 0 aromatic heterocycles. The lowest BCUT2D eigenvalue weighted by molar-refractivity contribution is -0.133. The number of aliphatic hydroxyl groups is 1. The fourth-order valence-corrected chi connectivity index (χ4v) is 9.29. The summed E-state index contributed by atoms with van der Waals surface area (Å²) in [5, 5.41) is 19.2. The first-order chi connectivity index (χ1) is 14.7. The largest absolute Gasteiger partial charge is 0.477 e. The van der Waals surface area contributed by atoms with E-state index in [4.69, 9.17) is 5.11 Å². The number of hydrogen-bond donors (Lipinski definition) is 2. The molecular weight excluding hydrogens is 388 g/mol. The highest BCUT2D eigenvalue weighted by Crippen LogP contribution is 2.68. The Morgan fingerprint density at radius 2 is 1.71 bits per heavy atom. The Kier molecular flexibility index (Phi) is 6.45. The summed E-state index contributed by atoms with van der Waals surface area (Å²) < 4.78 is 0. The highest BCUT2D eigenvalue weighted by atomic mass is 16.4. The van der Waals surface area contributed by atoms with Crippen LogP contribution in [-0.4, -0.2) is 28.2 Å². The number of hydrogen-bond acceptors (Lipinski definition) is 3. The minimum absolute atomic E-state index is 0.334. The molecule has 0 radical (unpaired) electrons. The maximum Gasteiger partial charge on any atom is 0.345 e. The lowest BCUT2D eigenvalue weighted by Crippen LogP contribution is -2.53. The molecule has 4 rings (SSSR count). The van der Waals surface area contributed by atoms with Crippen LogP contribution in [0, 0.1) is 46.3 Å². The summed E-state index contributed by atoms with van der Waals surface area (Å²) in [7, 11) is 0. The van der Waals surface area contributed by atoms with E-state index in [1.54, 1.807) is 0 Å². The molecule has 4 heteroatoms. The van der Waals surface area contributed by atoms with Gasteiger partial charge >= 0.3 is 5.97 Å². The molecule has 0 aromatic rings. The monoisotopic (exact) mass is 430 g/mol. The average Bonchev–Trinajstić information content (AvgIpc) is 3.09. The molecule has 9 atom stereocenters. The molecule has 4 fully saturated rings. The molecule has 0 amide bonds. The number of carboxylic acids is 1. The van der Waals surface area contributed by atoms with E-state index >= 15 is 0 Å². The molecule has 4 saturated carbocycles. The van der Waals surface area contributed by atoms with Crippen molar-refractivity contribution in [3.8, 4) is 0 Å². The maximum atomic E-state index is 11.1. The molecule has 4 nitrogen and oxygen atoms in total. The van der Waals surface area contributed by atoms with Crippen molar-refractivity contribution in [3.63, 3.8) is 0 Å². The lowest BCUT2D eigenvalue weighted by Gasteiger charge is -2.61. The van der Waals surface area contributed by atoms with Gasteiger partial charge in [0.25, 0.3) is 0 Å². The molecule has 31 heavy (non-hydrogen) atoms. The van der Waals surface area contributed by atoms with Gasteiger partial charge in [0.1, 0.15) is 11.5 Å². The Hall–Kier alpha value is -1.12. The van der Waals surface area contributed by atoms with E-state index < -0.39 is 17.6 Å². The van der Waals surface area contributed by atoms with Crippen molar-refractivity contribution in [1.29, 1.82) is 0 Å². The van der Waals surface area contributed by atoms with Crippen molar-refractivity contribution in [3.05, 3.63) is 5.57 Å². The van der Waals surface area contributed by atoms with Gasteiger partial charge in [0.15, 0.2) is 0 Å². The highest BCUT2D eigenvalue weighted by molar-refractivity contribution is 5.96. The van der Waals surface area contributed by atoms with Crippen LogP contribution < -0.4 is 0 Å². The number of aliphatic hydroxyl groups excluding tert-OH is 1. The number of carbonyl (C=O) groups excluding carboxylic acids is 1. The zero-order valence-electron chi connectivity index (χ0n) is 19.7. The van der Waals surface area contributed by atoms with Gasteiger partial charge in [-0.05, 0) is 111 Å². The van der Waals surface area contributed by atoms with Gasteiger partial charge in [-0.25, -0.2) is 9.59 Å². The van der Waals surface area contributed by atoms with Gasteiger partial charge in [0, 0.05) is 0 Å². The molecule has 0 spiro atoms. The molecule has 2 N–H and O–H groups in total. The standard InChI is InChI=1S/C27H42O4/c1-17(7-12-24(29)20(16-28)25(30)31)21-10-11-22-19-9-8-18-6-4-5-14-26(18,2)23(19)13-15-27(21,22)3/h17-19,21-24,29H,4-15H2,1-3H3,(H,30,31)/t17-,18?,19+,21-,22+,23+,24?,26+,27-/m1/s1. The van der Waals surface area contributed by atoms with Crippen molar-refractivity contribution in [1.82, 2.24) is 0 Å². The van der Waals surface area contributed by atoms with E-state index in [-0.39, 0.29) is 0 Å². The Balaban J connectivity index is 1.44. The molecular formula is C27H42O4. The summed E-state index contributed by atoms with van der Waals surface area (Å²) in [5.74, 6) is 4.72. The van der Waals surface area contributed by atoms with Gasteiger partial charge in [-0.1, -0.05) is 33.6 Å². The Bertz CT molecular complexity index is 740. The fourth-order valence-electron chi connectivity index (χ4n) is 9.29. The maximum absolute atomic E-state index is 11.1. The number of fused-ring (bicyclic) bond motifs is 5. The zero-order valence-corrected chi connectivity index (χ0v) is 19.7. The second-order valence-electron chi connectivity index (χ2n) is 12.0. The van der Waals surface area contributed by atoms with Crippen LogP contribution >= 0.6 is 0 Å². The van der Waals surface area contributed by atoms with Crippen molar-refractivity contribution >= 4 is 11.9 Å². The van der Waals surface area contributed by atoms with Crippen LogP contribution in [0.2, 0.25) is 0 Å². The third-order valence-electron chi connectivity index (χ3n) is 10.9. The summed E-state index contributed by atoms with van der Waals surface area (Å²) in [6, 6.07) is 0. The summed E-state index contributed by atoms with van der Waals surface area (Å²) in [6.45, 7) is 7.46. The van der Waals surface area contributed by atoms with E-state index in [1.165, 1.54) is 70.1 Å². The molecule has 0 saturated heterocycles. The van der Waals surface area contributed by atoms with E-state index in [0.717, 1.165) is 30.1 Å². The highest BCUT2D eigenvalue weighted by Gasteiger charge is 2.60. The van der Waals surface area contributed by atoms with Gasteiger partial charge in [-0.2, -0.15) is 0 Å². The molecule has 0 bridgehead atoms. The van der Waals surface area contributed by atoms with Gasteiger partial charge in [-0.3, -0.25) is 0 Å². The predicted molar refractivity (Wildman–Crippen MR) is 121 cm³/mol. The van der Waals surface area contributed by atoms with Crippen LogP contribution in [0.5, 0.6) is 0 Å². The van der Waals surface area contributed by atoms with Crippen molar-refractivity contribution in [2.24, 2.45) is 46.3 Å². The summed E-state index contributed by atoms with van der Waals surface area (Å²) >= 11 is 0. The molecule has 174 valence electrons. The summed E-state index contributed by atoms with van der Waals surface area (Å²) in [6.07, 6.45) is 13.8. The lowest BCUT2D eigenvalue weighted by atomic mass is 9.44. The van der Waals surface area contributed by atoms with Gasteiger partial charge in [-0.15, -0.1) is 0 Å². The molecule has 0 aromatic carbocycles. The van der Waals surface area contributed by atoms with Gasteiger partial charge in [0.2, 0.25) is 0 Å². The summed E-state index contributed by atoms with van der Waals surface area (Å²) in [5.41, 5.74) is 0.422. The first kappa shape index (κ1) is 23.1. The summed E-state index contributed by atoms with van der Waals surface area (Å²) in [4.78, 5) is 22.0. The predicted octanol–water partition coefficient (Wildman–Crippen LogP) is 5.66. The SMILES string of the molecule is C[C@H](CCC(O)C(=C=O)C(=O)O)[C@H]1CC[C@H]2[C@@H]3CCC4CCCC[C@]4(C)[C@H]3CC[C@]12C. The number of rotatable bonds is 6. The van der Waals surface area contributed by atoms with Crippen LogP contribution in [0.3, 0.4) is 0 Å². The molecule has 4 aliphatic carbocycles. The number of carboxylic acid groups (broad SMARTS) is 1. The number of aliphatic carboxylic acids is 1. The first-order valence-corrected chi connectivity index (χ1v) is 12.9. The second kappa shape index (κ2) is 8.67. The Morgan fingerprint density at radius 1 is 0.968 bits per heavy atom. The minimum Gasteiger partial charge on any atom is -0.477 e. The third kappa shape index (κ3) is 3.82. The molecule has 4 aliphatic rings. The molecule has 0 aliphatic heterocycles. The zero-order chi connectivity index (χ0) is 22.4. The number of carbonyl (C=O) groups is 1. The van der Waals surface area contributed by atoms with Gasteiger partial charge in [0.05, 0.1) is 6.10 Å². The van der Waals surface area contributed by atoms with E-state index in [0.29, 0.717) is 29.1 Å². The third-order valence-corrected chi connectivity index (χ3v) is 10.9. The van der Waals surface area contributed by atoms with Gasteiger partial charge < -0.3 is 10.2 Å². The minimum atomic E-state index is -1.35. The Labute approximate surface area is 187 Å². The van der Waals surface area contributed by atoms with Crippen molar-refractivity contribution in [2.75, 3.05) is 0 Å². The van der Waals surface area contributed by atoms with E-state index in [2.05, 4.69) is 20.8 Å². The van der Waals surface area contributed by atoms with E-state index in [9.17, 15) is 14.7 Å². The normalized spacial score (nSPS) is 43.7. The van der Waals surface area contributed by atoms with Crippen LogP contribution in [0.25, 0.3) is 0 Å². The Morgan fingerprint density at radius 3 is 2.42 bits per heavy atom. The van der Waals surface area contributed by atoms with Crippen LogP contribution in [-0.2, 0) is 9.59 Å². The second-order valence-corrected chi connectivity index (χ2v) is 12.0. The topological polar surface area (TPSA) is 74.6 Å². The average molecular weight is 431 g/mol. The van der Waals surface area contributed by atoms with Crippen LogP contribution in [0.1, 0.15) is 97.8 Å². The van der Waals surface area contributed by atoms with Crippen LogP contribution in [0.15, 0.2) is 5.57 Å². The van der Waals surface area contributed by atoms with Crippen molar-refractivity contribution in [2.45, 2.75) is 104 Å².